The van der Waals surface area contributed by atoms with E-state index in [1.54, 1.807) is 0 Å². The van der Waals surface area contributed by atoms with E-state index in [-0.39, 0.29) is 5.56 Å². The van der Waals surface area contributed by atoms with Crippen molar-refractivity contribution in [3.05, 3.63) is 29.8 Å². The van der Waals surface area contributed by atoms with Gasteiger partial charge in [0, 0.05) is 0 Å². The van der Waals surface area contributed by atoms with Crippen LogP contribution in [0.3, 0.4) is 0 Å². The number of aliphatic hydroxyl groups excluding tert-OH is 1. The molecule has 0 heterocycles. The third-order valence-corrected chi connectivity index (χ3v) is 1.41. The third-order valence-electron chi connectivity index (χ3n) is 1.41. The van der Waals surface area contributed by atoms with E-state index >= 15 is 0 Å². The SMILES string of the molecule is C[C@@H](O)Oc1ccc(C(=O)O)cc1. The molecule has 70 valence electrons. The van der Waals surface area contributed by atoms with E-state index in [4.69, 9.17) is 14.9 Å². The smallest absolute Gasteiger partial charge is 0.335 e. The molecular formula is C9H10O4. The van der Waals surface area contributed by atoms with Crippen LogP contribution in [0.2, 0.25) is 0 Å². The van der Waals surface area contributed by atoms with Crippen molar-refractivity contribution in [1.29, 1.82) is 0 Å². The van der Waals surface area contributed by atoms with Crippen LogP contribution in [-0.2, 0) is 0 Å². The van der Waals surface area contributed by atoms with E-state index in [2.05, 4.69) is 0 Å². The van der Waals surface area contributed by atoms with Crippen molar-refractivity contribution < 1.29 is 19.7 Å². The minimum atomic E-state index is -0.983. The third kappa shape index (κ3) is 2.76. The van der Waals surface area contributed by atoms with Gasteiger partial charge < -0.3 is 14.9 Å². The molecule has 13 heavy (non-hydrogen) atoms. The van der Waals surface area contributed by atoms with Crippen molar-refractivity contribution in [1.82, 2.24) is 0 Å². The summed E-state index contributed by atoms with van der Waals surface area (Å²) >= 11 is 0. The van der Waals surface area contributed by atoms with Gasteiger partial charge in [-0.15, -0.1) is 0 Å². The first-order valence-corrected chi connectivity index (χ1v) is 3.77. The molecule has 2 N–H and O–H groups in total. The second-order valence-electron chi connectivity index (χ2n) is 2.55. The van der Waals surface area contributed by atoms with Gasteiger partial charge in [-0.05, 0) is 31.2 Å². The Morgan fingerprint density at radius 1 is 1.38 bits per heavy atom. The number of aliphatic hydroxyl groups is 1. The molecule has 4 nitrogen and oxygen atoms in total. The average molecular weight is 182 g/mol. The van der Waals surface area contributed by atoms with Crippen LogP contribution in [0, 0.1) is 0 Å². The summed E-state index contributed by atoms with van der Waals surface area (Å²) in [5.74, 6) is -0.538. The molecule has 0 bridgehead atoms. The number of ether oxygens (including phenoxy) is 1. The van der Waals surface area contributed by atoms with Gasteiger partial charge in [0.15, 0.2) is 6.29 Å². The Hall–Kier alpha value is -1.55. The molecule has 0 saturated carbocycles. The van der Waals surface area contributed by atoms with Crippen molar-refractivity contribution in [2.24, 2.45) is 0 Å². The molecule has 0 aliphatic heterocycles. The van der Waals surface area contributed by atoms with E-state index in [1.165, 1.54) is 31.2 Å². The van der Waals surface area contributed by atoms with Crippen molar-refractivity contribution in [2.45, 2.75) is 13.2 Å². The minimum Gasteiger partial charge on any atom is -0.478 e. The molecule has 0 radical (unpaired) electrons. The number of carboxylic acid groups (broad SMARTS) is 1. The number of hydrogen-bond acceptors (Lipinski definition) is 3. The maximum absolute atomic E-state index is 10.4. The van der Waals surface area contributed by atoms with Crippen molar-refractivity contribution in [3.8, 4) is 5.75 Å². The molecule has 1 rings (SSSR count). The van der Waals surface area contributed by atoms with Gasteiger partial charge in [0.25, 0.3) is 0 Å². The summed E-state index contributed by atoms with van der Waals surface area (Å²) < 4.78 is 4.91. The lowest BCUT2D eigenvalue weighted by atomic mass is 10.2. The highest BCUT2D eigenvalue weighted by atomic mass is 16.6. The van der Waals surface area contributed by atoms with Gasteiger partial charge in [-0.1, -0.05) is 0 Å². The first-order chi connectivity index (χ1) is 6.09. The quantitative estimate of drug-likeness (QED) is 0.687. The Morgan fingerprint density at radius 3 is 2.31 bits per heavy atom. The second-order valence-corrected chi connectivity index (χ2v) is 2.55. The molecule has 1 atom stereocenters. The highest BCUT2D eigenvalue weighted by Crippen LogP contribution is 2.12. The molecule has 0 aliphatic carbocycles. The molecule has 1 aromatic carbocycles. The van der Waals surface area contributed by atoms with Gasteiger partial charge in [0.1, 0.15) is 5.75 Å². The van der Waals surface area contributed by atoms with E-state index in [0.717, 1.165) is 0 Å². The van der Waals surface area contributed by atoms with E-state index in [9.17, 15) is 4.79 Å². The molecule has 0 unspecified atom stereocenters. The van der Waals surface area contributed by atoms with Gasteiger partial charge in [0.05, 0.1) is 5.56 Å². The minimum absolute atomic E-state index is 0.193. The summed E-state index contributed by atoms with van der Waals surface area (Å²) in [7, 11) is 0. The predicted octanol–water partition coefficient (Wildman–Crippen LogP) is 1.10. The molecule has 1 aromatic rings. The predicted molar refractivity (Wildman–Crippen MR) is 45.7 cm³/mol. The zero-order chi connectivity index (χ0) is 9.84. The molecule has 4 heteroatoms. The monoisotopic (exact) mass is 182 g/mol. The van der Waals surface area contributed by atoms with Gasteiger partial charge >= 0.3 is 5.97 Å². The molecule has 0 saturated heterocycles. The fourth-order valence-corrected chi connectivity index (χ4v) is 0.873. The standard InChI is InChI=1S/C9H10O4/c1-6(10)13-8-4-2-7(3-5-8)9(11)12/h2-6,10H,1H3,(H,11,12)/t6-/m0/s1. The number of benzene rings is 1. The van der Waals surface area contributed by atoms with Crippen LogP contribution in [0.15, 0.2) is 24.3 Å². The van der Waals surface area contributed by atoms with E-state index in [0.29, 0.717) is 5.75 Å². The summed E-state index contributed by atoms with van der Waals surface area (Å²) in [5, 5.41) is 17.4. The first-order valence-electron chi connectivity index (χ1n) is 3.77. The fraction of sp³-hybridized carbons (Fsp3) is 0.222. The van der Waals surface area contributed by atoms with E-state index in [1.807, 2.05) is 0 Å². The Balaban J connectivity index is 2.75. The Bertz CT molecular complexity index is 289. The van der Waals surface area contributed by atoms with Gasteiger partial charge in [-0.3, -0.25) is 0 Å². The zero-order valence-electron chi connectivity index (χ0n) is 7.10. The lowest BCUT2D eigenvalue weighted by Gasteiger charge is -2.07. The largest absolute Gasteiger partial charge is 0.478 e. The molecule has 0 aliphatic rings. The first kappa shape index (κ1) is 9.54. The number of aromatic carboxylic acids is 1. The summed E-state index contributed by atoms with van der Waals surface area (Å²) in [4.78, 5) is 10.4. The Kier molecular flexibility index (Phi) is 2.87. The van der Waals surface area contributed by atoms with E-state index < -0.39 is 12.3 Å². The topological polar surface area (TPSA) is 66.8 Å². The van der Waals surface area contributed by atoms with Crippen molar-refractivity contribution in [2.75, 3.05) is 0 Å². The van der Waals surface area contributed by atoms with Crippen LogP contribution in [0.4, 0.5) is 0 Å². The summed E-state index contributed by atoms with van der Waals surface area (Å²) in [6.07, 6.45) is -0.893. The normalized spacial score (nSPS) is 12.2. The van der Waals surface area contributed by atoms with Crippen molar-refractivity contribution in [3.63, 3.8) is 0 Å². The van der Waals surface area contributed by atoms with Crippen LogP contribution in [-0.4, -0.2) is 22.5 Å². The fourth-order valence-electron chi connectivity index (χ4n) is 0.873. The number of hydrogen-bond donors (Lipinski definition) is 2. The molecule has 0 amide bonds. The average Bonchev–Trinajstić information content (AvgIpc) is 2.04. The molecule has 0 aromatic heterocycles. The van der Waals surface area contributed by atoms with Gasteiger partial charge in [0.2, 0.25) is 0 Å². The van der Waals surface area contributed by atoms with Crippen molar-refractivity contribution >= 4 is 5.97 Å². The molecular weight excluding hydrogens is 172 g/mol. The lowest BCUT2D eigenvalue weighted by molar-refractivity contribution is -0.000291. The summed E-state index contributed by atoms with van der Waals surface area (Å²) in [6, 6.07) is 5.83. The maximum atomic E-state index is 10.4. The number of rotatable bonds is 3. The molecule has 0 fully saturated rings. The van der Waals surface area contributed by atoms with Crippen LogP contribution in [0.1, 0.15) is 17.3 Å². The second kappa shape index (κ2) is 3.91. The lowest BCUT2D eigenvalue weighted by Crippen LogP contribution is -2.09. The highest BCUT2D eigenvalue weighted by molar-refractivity contribution is 5.87. The van der Waals surface area contributed by atoms with Crippen LogP contribution in [0.5, 0.6) is 5.75 Å². The van der Waals surface area contributed by atoms with Gasteiger partial charge in [-0.2, -0.15) is 0 Å². The van der Waals surface area contributed by atoms with Crippen LogP contribution >= 0.6 is 0 Å². The number of carboxylic acids is 1. The molecule has 0 spiro atoms. The van der Waals surface area contributed by atoms with Gasteiger partial charge in [-0.25, -0.2) is 4.79 Å². The summed E-state index contributed by atoms with van der Waals surface area (Å²) in [5.41, 5.74) is 0.193. The maximum Gasteiger partial charge on any atom is 0.335 e. The van der Waals surface area contributed by atoms with Crippen LogP contribution < -0.4 is 4.74 Å². The van der Waals surface area contributed by atoms with Crippen LogP contribution in [0.25, 0.3) is 0 Å². The Morgan fingerprint density at radius 2 is 1.92 bits per heavy atom. The Labute approximate surface area is 75.4 Å². The highest BCUT2D eigenvalue weighted by Gasteiger charge is 2.02. The zero-order valence-corrected chi connectivity index (χ0v) is 7.10. The number of carbonyl (C=O) groups is 1. The summed E-state index contributed by atoms with van der Waals surface area (Å²) in [6.45, 7) is 1.48.